The predicted octanol–water partition coefficient (Wildman–Crippen LogP) is 5.12. The van der Waals surface area contributed by atoms with Gasteiger partial charge in [-0.2, -0.15) is 0 Å². The number of fused-ring (bicyclic) bond motifs is 1. The minimum Gasteiger partial charge on any atom is -0.398 e. The fourth-order valence-electron chi connectivity index (χ4n) is 3.10. The van der Waals surface area contributed by atoms with Crippen LogP contribution in [0.3, 0.4) is 0 Å². The molecule has 0 N–H and O–H groups in total. The molecule has 0 aromatic heterocycles. The van der Waals surface area contributed by atoms with Crippen molar-refractivity contribution in [3.63, 3.8) is 0 Å². The second kappa shape index (κ2) is 7.32. The third-order valence-corrected chi connectivity index (χ3v) is 10.8. The molecule has 0 aliphatic carbocycles. The van der Waals surface area contributed by atoms with Crippen molar-refractivity contribution in [2.24, 2.45) is 5.16 Å². The molecule has 5 heteroatoms. The number of anilines is 1. The van der Waals surface area contributed by atoms with Gasteiger partial charge in [-0.3, -0.25) is 4.79 Å². The van der Waals surface area contributed by atoms with Crippen LogP contribution < -0.4 is 4.57 Å². The Kier molecular flexibility index (Phi) is 5.77. The number of carbonyl (C=O) groups excluding carboxylic acids is 1. The Labute approximate surface area is 153 Å². The number of benzene rings is 1. The third-order valence-electron chi connectivity index (χ3n) is 5.61. The van der Waals surface area contributed by atoms with Gasteiger partial charge in [0.15, 0.2) is 13.9 Å². The molecule has 1 heterocycles. The smallest absolute Gasteiger partial charge is 0.273 e. The molecule has 4 nitrogen and oxygen atoms in total. The number of amides is 1. The molecule has 1 aliphatic rings. The molecule has 0 fully saturated rings. The minimum atomic E-state index is -2.06. The van der Waals surface area contributed by atoms with Gasteiger partial charge in [0, 0.05) is 11.3 Å². The summed E-state index contributed by atoms with van der Waals surface area (Å²) < 4.78 is 2.02. The van der Waals surface area contributed by atoms with Gasteiger partial charge in [0.1, 0.15) is 7.11 Å². The summed E-state index contributed by atoms with van der Waals surface area (Å²) in [5.41, 5.74) is 3.62. The first-order valence-corrected chi connectivity index (χ1v) is 12.2. The zero-order valence-electron chi connectivity index (χ0n) is 16.8. The van der Waals surface area contributed by atoms with E-state index >= 15 is 0 Å². The van der Waals surface area contributed by atoms with E-state index in [1.54, 1.807) is 0 Å². The zero-order chi connectivity index (χ0) is 18.8. The van der Waals surface area contributed by atoms with E-state index in [-0.39, 0.29) is 10.9 Å². The van der Waals surface area contributed by atoms with Gasteiger partial charge in [0.05, 0.1) is 0 Å². The monoisotopic (exact) mass is 360 g/mol. The highest BCUT2D eigenvalue weighted by molar-refractivity contribution is 6.90. The highest BCUT2D eigenvalue weighted by atomic mass is 28.3. The highest BCUT2D eigenvalue weighted by Crippen LogP contribution is 2.44. The SMILES string of the molecule is CCCCCc1ccc2c(c1)/C(=N/OC)C(=O)N2[Si](C)(C)C(C)(C)C. The molecule has 0 saturated heterocycles. The summed E-state index contributed by atoms with van der Waals surface area (Å²) in [4.78, 5) is 18.2. The maximum atomic E-state index is 13.2. The molecule has 1 aliphatic heterocycles. The normalized spacial score (nSPS) is 16.5. The molecule has 0 radical (unpaired) electrons. The predicted molar refractivity (Wildman–Crippen MR) is 108 cm³/mol. The Bertz CT molecular complexity index is 675. The molecule has 1 aromatic rings. The van der Waals surface area contributed by atoms with E-state index in [1.165, 1.54) is 31.9 Å². The lowest BCUT2D eigenvalue weighted by Crippen LogP contribution is -2.57. The van der Waals surface area contributed by atoms with E-state index in [9.17, 15) is 4.79 Å². The van der Waals surface area contributed by atoms with Gasteiger partial charge in [0.25, 0.3) is 5.91 Å². The number of oxime groups is 1. The van der Waals surface area contributed by atoms with Gasteiger partial charge >= 0.3 is 0 Å². The largest absolute Gasteiger partial charge is 0.398 e. The summed E-state index contributed by atoms with van der Waals surface area (Å²) in [6.07, 6.45) is 4.64. The average Bonchev–Trinajstić information content (AvgIpc) is 2.79. The van der Waals surface area contributed by atoms with Crippen LogP contribution in [0, 0.1) is 0 Å². The lowest BCUT2D eigenvalue weighted by Gasteiger charge is -2.43. The molecule has 0 saturated carbocycles. The first-order valence-electron chi connectivity index (χ1n) is 9.24. The van der Waals surface area contributed by atoms with Gasteiger partial charge in [0.2, 0.25) is 0 Å². The first kappa shape index (κ1) is 19.7. The zero-order valence-corrected chi connectivity index (χ0v) is 17.8. The van der Waals surface area contributed by atoms with Crippen molar-refractivity contribution in [3.05, 3.63) is 29.3 Å². The second-order valence-electron chi connectivity index (χ2n) is 8.38. The Morgan fingerprint density at radius 2 is 1.88 bits per heavy atom. The van der Waals surface area contributed by atoms with Gasteiger partial charge in [-0.25, -0.2) is 0 Å². The molecule has 1 aromatic carbocycles. The second-order valence-corrected chi connectivity index (χ2v) is 13.4. The third kappa shape index (κ3) is 3.66. The van der Waals surface area contributed by atoms with Crippen LogP contribution in [0.4, 0.5) is 5.69 Å². The van der Waals surface area contributed by atoms with Gasteiger partial charge < -0.3 is 9.40 Å². The molecular formula is C20H32N2O2Si. The lowest BCUT2D eigenvalue weighted by molar-refractivity contribution is -0.111. The molecule has 138 valence electrons. The van der Waals surface area contributed by atoms with E-state index in [0.29, 0.717) is 5.71 Å². The molecule has 1 amide bonds. The molecule has 0 bridgehead atoms. The fourth-order valence-corrected chi connectivity index (χ4v) is 5.18. The summed E-state index contributed by atoms with van der Waals surface area (Å²) in [7, 11) is -0.558. The number of unbranched alkanes of at least 4 members (excludes halogenated alkanes) is 2. The van der Waals surface area contributed by atoms with Crippen molar-refractivity contribution < 1.29 is 9.63 Å². The minimum absolute atomic E-state index is 0.0193. The van der Waals surface area contributed by atoms with Crippen molar-refractivity contribution in [2.75, 3.05) is 11.7 Å². The first-order chi connectivity index (χ1) is 11.6. The van der Waals surface area contributed by atoms with Crippen molar-refractivity contribution in [3.8, 4) is 0 Å². The molecule has 2 rings (SSSR count). The number of aryl methyl sites for hydroxylation is 1. The van der Waals surface area contributed by atoms with Crippen LogP contribution in [0.25, 0.3) is 0 Å². The highest BCUT2D eigenvalue weighted by Gasteiger charge is 2.49. The number of carbonyl (C=O) groups is 1. The summed E-state index contributed by atoms with van der Waals surface area (Å²) in [6, 6.07) is 6.40. The van der Waals surface area contributed by atoms with Crippen LogP contribution in [-0.4, -0.2) is 27.0 Å². The van der Waals surface area contributed by atoms with Crippen molar-refractivity contribution in [1.29, 1.82) is 0 Å². The molecule has 25 heavy (non-hydrogen) atoms. The van der Waals surface area contributed by atoms with E-state index in [4.69, 9.17) is 4.84 Å². The molecular weight excluding hydrogens is 328 g/mol. The number of hydrogen-bond acceptors (Lipinski definition) is 3. The maximum absolute atomic E-state index is 13.2. The Balaban J connectivity index is 2.50. The fraction of sp³-hybridized carbons (Fsp3) is 0.600. The van der Waals surface area contributed by atoms with Crippen LogP contribution in [-0.2, 0) is 16.1 Å². The van der Waals surface area contributed by atoms with E-state index in [0.717, 1.165) is 17.7 Å². The van der Waals surface area contributed by atoms with Crippen LogP contribution in [0.15, 0.2) is 23.4 Å². The van der Waals surface area contributed by atoms with Crippen molar-refractivity contribution in [2.45, 2.75) is 71.5 Å². The maximum Gasteiger partial charge on any atom is 0.273 e. The van der Waals surface area contributed by atoms with Crippen LogP contribution in [0.5, 0.6) is 0 Å². The summed E-state index contributed by atoms with van der Waals surface area (Å²) >= 11 is 0. The van der Waals surface area contributed by atoms with E-state index in [2.05, 4.69) is 64.1 Å². The van der Waals surface area contributed by atoms with E-state index in [1.807, 2.05) is 4.57 Å². The van der Waals surface area contributed by atoms with Gasteiger partial charge in [-0.05, 0) is 35.6 Å². The Morgan fingerprint density at radius 1 is 1.20 bits per heavy atom. The van der Waals surface area contributed by atoms with Crippen LogP contribution >= 0.6 is 0 Å². The van der Waals surface area contributed by atoms with Gasteiger partial charge in [-0.1, -0.05) is 64.9 Å². The summed E-state index contributed by atoms with van der Waals surface area (Å²) in [5.74, 6) is -0.0193. The summed E-state index contributed by atoms with van der Waals surface area (Å²) in [6.45, 7) is 13.4. The Morgan fingerprint density at radius 3 is 2.44 bits per heavy atom. The van der Waals surface area contributed by atoms with Crippen LogP contribution in [0.2, 0.25) is 18.1 Å². The van der Waals surface area contributed by atoms with Crippen molar-refractivity contribution in [1.82, 2.24) is 0 Å². The molecule has 0 unspecified atom stereocenters. The van der Waals surface area contributed by atoms with Gasteiger partial charge in [-0.15, -0.1) is 0 Å². The lowest BCUT2D eigenvalue weighted by atomic mass is 10.0. The molecule has 0 spiro atoms. The Hall–Kier alpha value is -1.62. The summed E-state index contributed by atoms with van der Waals surface area (Å²) in [5, 5.41) is 4.13. The number of rotatable bonds is 6. The van der Waals surface area contributed by atoms with Crippen LogP contribution in [0.1, 0.15) is 58.1 Å². The van der Waals surface area contributed by atoms with E-state index < -0.39 is 8.24 Å². The standard InChI is InChI=1S/C20H32N2O2Si/c1-8-9-10-11-15-12-13-17-16(14-15)18(21-24-5)19(23)22(17)25(6,7)20(2,3)4/h12-14H,8-11H2,1-7H3/b21-18-. The number of nitrogens with zero attached hydrogens (tertiary/aromatic N) is 2. The van der Waals surface area contributed by atoms with Crippen molar-refractivity contribution >= 4 is 25.5 Å². The number of hydrogen-bond donors (Lipinski definition) is 0. The molecule has 0 atom stereocenters. The quantitative estimate of drug-likeness (QED) is 0.401. The average molecular weight is 361 g/mol. The topological polar surface area (TPSA) is 41.9 Å².